The molecule has 27 heavy (non-hydrogen) atoms. The molecule has 144 valence electrons. The lowest BCUT2D eigenvalue weighted by Gasteiger charge is -2.21. The first kappa shape index (κ1) is 19.9. The zero-order valence-electron chi connectivity index (χ0n) is 15.0. The topological polar surface area (TPSA) is 66.5 Å². The third kappa shape index (κ3) is 4.89. The minimum atomic E-state index is -3.72. The number of rotatable bonds is 5. The van der Waals surface area contributed by atoms with E-state index < -0.39 is 10.0 Å². The highest BCUT2D eigenvalue weighted by atomic mass is 35.5. The van der Waals surface area contributed by atoms with Gasteiger partial charge in [-0.25, -0.2) is 8.42 Å². The number of carbonyl (C=O) groups is 1. The van der Waals surface area contributed by atoms with Crippen molar-refractivity contribution in [2.75, 3.05) is 13.1 Å². The number of nitrogens with one attached hydrogen (secondary N) is 1. The van der Waals surface area contributed by atoms with Crippen molar-refractivity contribution in [1.82, 2.24) is 9.62 Å². The van der Waals surface area contributed by atoms with Gasteiger partial charge < -0.3 is 5.32 Å². The SMILES string of the molecule is O=C(NCc1ccccc1)c1ccc(Cl)c(S(=O)(=O)N2CCCCCC2)c1. The lowest BCUT2D eigenvalue weighted by molar-refractivity contribution is 0.0950. The second-order valence-electron chi connectivity index (χ2n) is 6.63. The Balaban J connectivity index is 1.80. The summed E-state index contributed by atoms with van der Waals surface area (Å²) in [4.78, 5) is 12.5. The van der Waals surface area contributed by atoms with Gasteiger partial charge in [0.1, 0.15) is 4.90 Å². The quantitative estimate of drug-likeness (QED) is 0.820. The summed E-state index contributed by atoms with van der Waals surface area (Å²) in [6.45, 7) is 1.35. The van der Waals surface area contributed by atoms with Gasteiger partial charge in [-0.3, -0.25) is 4.79 Å². The van der Waals surface area contributed by atoms with Crippen molar-refractivity contribution in [1.29, 1.82) is 0 Å². The summed E-state index contributed by atoms with van der Waals surface area (Å²) in [5, 5.41) is 2.95. The molecule has 0 radical (unpaired) electrons. The summed E-state index contributed by atoms with van der Waals surface area (Å²) in [7, 11) is -3.72. The Bertz CT molecular complexity index is 893. The van der Waals surface area contributed by atoms with E-state index in [1.165, 1.54) is 16.4 Å². The highest BCUT2D eigenvalue weighted by molar-refractivity contribution is 7.89. The van der Waals surface area contributed by atoms with Gasteiger partial charge in [0, 0.05) is 25.2 Å². The molecule has 1 amide bonds. The van der Waals surface area contributed by atoms with Gasteiger partial charge in [0.05, 0.1) is 5.02 Å². The van der Waals surface area contributed by atoms with Crippen LogP contribution in [-0.4, -0.2) is 31.7 Å². The molecule has 1 saturated heterocycles. The molecule has 0 saturated carbocycles. The summed E-state index contributed by atoms with van der Waals surface area (Å²) in [6, 6.07) is 13.9. The Morgan fingerprint density at radius 3 is 2.33 bits per heavy atom. The van der Waals surface area contributed by atoms with E-state index in [1.807, 2.05) is 30.3 Å². The highest BCUT2D eigenvalue weighted by Gasteiger charge is 2.28. The van der Waals surface area contributed by atoms with Gasteiger partial charge in [0.15, 0.2) is 0 Å². The number of nitrogens with zero attached hydrogens (tertiary/aromatic N) is 1. The minimum Gasteiger partial charge on any atom is -0.348 e. The Morgan fingerprint density at radius 1 is 1.00 bits per heavy atom. The molecule has 1 N–H and O–H groups in total. The Labute approximate surface area is 165 Å². The van der Waals surface area contributed by atoms with Crippen LogP contribution in [0.15, 0.2) is 53.4 Å². The number of halogens is 1. The molecule has 2 aromatic carbocycles. The fraction of sp³-hybridized carbons (Fsp3) is 0.350. The number of hydrogen-bond acceptors (Lipinski definition) is 3. The van der Waals surface area contributed by atoms with Crippen molar-refractivity contribution in [3.63, 3.8) is 0 Å². The van der Waals surface area contributed by atoms with E-state index in [9.17, 15) is 13.2 Å². The fourth-order valence-corrected chi connectivity index (χ4v) is 5.16. The Hall–Kier alpha value is -1.89. The maximum atomic E-state index is 13.0. The zero-order valence-corrected chi connectivity index (χ0v) is 16.6. The van der Waals surface area contributed by atoms with Crippen LogP contribution >= 0.6 is 11.6 Å². The maximum absolute atomic E-state index is 13.0. The summed E-state index contributed by atoms with van der Waals surface area (Å²) in [6.07, 6.45) is 3.74. The Kier molecular flexibility index (Phi) is 6.52. The molecule has 1 fully saturated rings. The van der Waals surface area contributed by atoms with Crippen LogP contribution in [0.4, 0.5) is 0 Å². The molecule has 1 aliphatic rings. The molecule has 1 heterocycles. The van der Waals surface area contributed by atoms with Crippen molar-refractivity contribution in [3.05, 3.63) is 64.7 Å². The van der Waals surface area contributed by atoms with Crippen molar-refractivity contribution in [3.8, 4) is 0 Å². The number of benzene rings is 2. The van der Waals surface area contributed by atoms with Gasteiger partial charge in [0.2, 0.25) is 10.0 Å². The van der Waals surface area contributed by atoms with E-state index >= 15 is 0 Å². The summed E-state index contributed by atoms with van der Waals surface area (Å²) < 4.78 is 27.5. The molecule has 2 aromatic rings. The fourth-order valence-electron chi connectivity index (χ4n) is 3.14. The normalized spacial score (nSPS) is 15.9. The molecule has 0 spiro atoms. The number of sulfonamides is 1. The third-order valence-electron chi connectivity index (χ3n) is 4.67. The van der Waals surface area contributed by atoms with E-state index in [4.69, 9.17) is 11.6 Å². The molecule has 0 aromatic heterocycles. The molecule has 7 heteroatoms. The Morgan fingerprint density at radius 2 is 1.67 bits per heavy atom. The molecule has 0 atom stereocenters. The van der Waals surface area contributed by atoms with Gasteiger partial charge in [-0.1, -0.05) is 54.8 Å². The summed E-state index contributed by atoms with van der Waals surface area (Å²) in [5.74, 6) is -0.331. The van der Waals surface area contributed by atoms with E-state index in [0.29, 0.717) is 19.6 Å². The number of carbonyl (C=O) groups excluding carboxylic acids is 1. The first-order chi connectivity index (χ1) is 13.0. The smallest absolute Gasteiger partial charge is 0.251 e. The maximum Gasteiger partial charge on any atom is 0.251 e. The molecule has 0 aliphatic carbocycles. The van der Waals surface area contributed by atoms with Gasteiger partial charge in [-0.15, -0.1) is 0 Å². The molecule has 3 rings (SSSR count). The standard InChI is InChI=1S/C20H23ClN2O3S/c21-18-11-10-17(20(24)22-15-16-8-4-3-5-9-16)14-19(18)27(25,26)23-12-6-1-2-7-13-23/h3-5,8-11,14H,1-2,6-7,12-13,15H2,(H,22,24). The lowest BCUT2D eigenvalue weighted by atomic mass is 10.2. The second-order valence-corrected chi connectivity index (χ2v) is 8.95. The third-order valence-corrected chi connectivity index (χ3v) is 7.05. The van der Waals surface area contributed by atoms with Gasteiger partial charge in [-0.2, -0.15) is 4.31 Å². The van der Waals surface area contributed by atoms with E-state index in [0.717, 1.165) is 31.2 Å². The lowest BCUT2D eigenvalue weighted by Crippen LogP contribution is -2.32. The van der Waals surface area contributed by atoms with Crippen molar-refractivity contribution in [2.45, 2.75) is 37.1 Å². The predicted octanol–water partition coefficient (Wildman–Crippen LogP) is 3.83. The van der Waals surface area contributed by atoms with Crippen LogP contribution in [-0.2, 0) is 16.6 Å². The van der Waals surface area contributed by atoms with Crippen LogP contribution in [0.2, 0.25) is 5.02 Å². The van der Waals surface area contributed by atoms with Crippen LogP contribution in [0.25, 0.3) is 0 Å². The van der Waals surface area contributed by atoms with E-state index in [1.54, 1.807) is 6.07 Å². The van der Waals surface area contributed by atoms with Crippen molar-refractivity contribution >= 4 is 27.5 Å². The van der Waals surface area contributed by atoms with Crippen LogP contribution < -0.4 is 5.32 Å². The molecular weight excluding hydrogens is 384 g/mol. The van der Waals surface area contributed by atoms with Crippen LogP contribution in [0.1, 0.15) is 41.6 Å². The van der Waals surface area contributed by atoms with E-state index in [-0.39, 0.29) is 21.4 Å². The average Bonchev–Trinajstić information content (AvgIpc) is 2.97. The first-order valence-corrected chi connectivity index (χ1v) is 10.9. The molecule has 1 aliphatic heterocycles. The van der Waals surface area contributed by atoms with Crippen LogP contribution in [0, 0.1) is 0 Å². The summed E-state index contributed by atoms with van der Waals surface area (Å²) >= 11 is 6.18. The van der Waals surface area contributed by atoms with Gasteiger partial charge in [-0.05, 0) is 36.6 Å². The molecule has 0 bridgehead atoms. The zero-order chi connectivity index (χ0) is 19.3. The monoisotopic (exact) mass is 406 g/mol. The average molecular weight is 407 g/mol. The molecule has 5 nitrogen and oxygen atoms in total. The first-order valence-electron chi connectivity index (χ1n) is 9.10. The second kappa shape index (κ2) is 8.87. The summed E-state index contributed by atoms with van der Waals surface area (Å²) in [5.41, 5.74) is 1.25. The van der Waals surface area contributed by atoms with Gasteiger partial charge >= 0.3 is 0 Å². The largest absolute Gasteiger partial charge is 0.348 e. The van der Waals surface area contributed by atoms with Crippen LogP contribution in [0.3, 0.4) is 0 Å². The molecular formula is C20H23ClN2O3S. The van der Waals surface area contributed by atoms with Crippen molar-refractivity contribution < 1.29 is 13.2 Å². The van der Waals surface area contributed by atoms with Gasteiger partial charge in [0.25, 0.3) is 5.91 Å². The number of hydrogen-bond donors (Lipinski definition) is 1. The minimum absolute atomic E-state index is 0.00146. The van der Waals surface area contributed by atoms with E-state index in [2.05, 4.69) is 5.32 Å². The van der Waals surface area contributed by atoms with Crippen molar-refractivity contribution in [2.24, 2.45) is 0 Å². The molecule has 0 unspecified atom stereocenters. The number of amides is 1. The predicted molar refractivity (Wildman–Crippen MR) is 106 cm³/mol. The highest BCUT2D eigenvalue weighted by Crippen LogP contribution is 2.27. The van der Waals surface area contributed by atoms with Crippen LogP contribution in [0.5, 0.6) is 0 Å².